The minimum Gasteiger partial charge on any atom is -0.396 e. The average molecular weight is 408 g/mol. The van der Waals surface area contributed by atoms with E-state index in [2.05, 4.69) is 39.4 Å². The molecule has 2 aromatic carbocycles. The lowest BCUT2D eigenvalue weighted by Gasteiger charge is -2.42. The van der Waals surface area contributed by atoms with Crippen LogP contribution >= 0.6 is 0 Å². The maximum absolute atomic E-state index is 13.7. The molecule has 2 N–H and O–H groups in total. The molecule has 1 fully saturated rings. The lowest BCUT2D eigenvalue weighted by molar-refractivity contribution is 0.0208. The number of H-pyrrole nitrogens is 1. The number of hydrogen-bond acceptors (Lipinski definition) is 3. The van der Waals surface area contributed by atoms with Crippen LogP contribution in [0.15, 0.2) is 60.8 Å². The summed E-state index contributed by atoms with van der Waals surface area (Å²) in [4.78, 5) is 2.41. The Morgan fingerprint density at radius 3 is 2.80 bits per heavy atom. The van der Waals surface area contributed by atoms with E-state index in [4.69, 9.17) is 0 Å². The minimum absolute atomic E-state index is 0.0458. The molecule has 3 aromatic rings. The van der Waals surface area contributed by atoms with Crippen molar-refractivity contribution >= 4 is 0 Å². The summed E-state index contributed by atoms with van der Waals surface area (Å²) in [5.41, 5.74) is 4.07. The Morgan fingerprint density at radius 1 is 1.13 bits per heavy atom. The third kappa shape index (κ3) is 4.97. The van der Waals surface area contributed by atoms with E-state index in [1.165, 1.54) is 17.7 Å². The van der Waals surface area contributed by atoms with Gasteiger partial charge in [0.1, 0.15) is 5.82 Å². The number of nitrogens with one attached hydrogen (secondary N) is 1. The van der Waals surface area contributed by atoms with E-state index in [0.717, 1.165) is 68.6 Å². The van der Waals surface area contributed by atoms with Gasteiger partial charge in [-0.15, -0.1) is 0 Å². The summed E-state index contributed by atoms with van der Waals surface area (Å²) in [6, 6.07) is 17.2. The first-order valence-corrected chi connectivity index (χ1v) is 10.8. The standard InChI is InChI=1S/C25H30FN3O/c26-23-11-4-10-21(15-23)24-22(16-27-28-24)17-29-14-6-13-25(18-29,19-30)12-5-9-20-7-2-1-3-8-20/h1-4,7-8,10-11,15-16,30H,5-6,9,12-14,17-19H2,(H,27,28)/t25-/m1/s1. The SMILES string of the molecule is OC[C@]1(CCCc2ccccc2)CCCN(Cc2cn[nH]c2-c2cccc(F)c2)C1. The van der Waals surface area contributed by atoms with Crippen LogP contribution in [0.4, 0.5) is 4.39 Å². The second-order valence-electron chi connectivity index (χ2n) is 8.59. The molecule has 0 spiro atoms. The Balaban J connectivity index is 1.40. The number of nitrogens with zero attached hydrogens (tertiary/aromatic N) is 2. The molecule has 0 saturated carbocycles. The molecule has 0 radical (unpaired) electrons. The Bertz CT molecular complexity index is 942. The number of halogens is 1. The van der Waals surface area contributed by atoms with Gasteiger partial charge in [-0.2, -0.15) is 5.10 Å². The zero-order valence-corrected chi connectivity index (χ0v) is 17.4. The molecule has 1 aliphatic heterocycles. The van der Waals surface area contributed by atoms with Gasteiger partial charge in [-0.05, 0) is 56.3 Å². The summed E-state index contributed by atoms with van der Waals surface area (Å²) in [7, 11) is 0. The van der Waals surface area contributed by atoms with Crippen molar-refractivity contribution in [1.29, 1.82) is 0 Å². The Hall–Kier alpha value is -2.50. The number of rotatable bonds is 8. The third-order valence-electron chi connectivity index (χ3n) is 6.32. The summed E-state index contributed by atoms with van der Waals surface area (Å²) in [5.74, 6) is -0.247. The molecule has 1 atom stereocenters. The zero-order valence-electron chi connectivity index (χ0n) is 17.4. The maximum Gasteiger partial charge on any atom is 0.123 e. The highest BCUT2D eigenvalue weighted by atomic mass is 19.1. The molecule has 4 rings (SSSR count). The predicted molar refractivity (Wildman–Crippen MR) is 117 cm³/mol. The van der Waals surface area contributed by atoms with E-state index < -0.39 is 0 Å². The molecule has 0 bridgehead atoms. The summed E-state index contributed by atoms with van der Waals surface area (Å²) < 4.78 is 13.7. The fourth-order valence-corrected chi connectivity index (χ4v) is 4.74. The number of hydrogen-bond donors (Lipinski definition) is 2. The van der Waals surface area contributed by atoms with Crippen LogP contribution in [-0.4, -0.2) is 39.9 Å². The fraction of sp³-hybridized carbons (Fsp3) is 0.400. The highest BCUT2D eigenvalue weighted by Gasteiger charge is 2.34. The number of benzene rings is 2. The van der Waals surface area contributed by atoms with Crippen LogP contribution in [0.5, 0.6) is 0 Å². The van der Waals surface area contributed by atoms with Gasteiger partial charge in [0.05, 0.1) is 11.9 Å². The summed E-state index contributed by atoms with van der Waals surface area (Å²) >= 11 is 0. The average Bonchev–Trinajstić information content (AvgIpc) is 3.23. The molecular weight excluding hydrogens is 377 g/mol. The lowest BCUT2D eigenvalue weighted by atomic mass is 9.76. The Labute approximate surface area is 177 Å². The van der Waals surface area contributed by atoms with Gasteiger partial charge < -0.3 is 5.11 Å². The second-order valence-corrected chi connectivity index (χ2v) is 8.59. The van der Waals surface area contributed by atoms with Gasteiger partial charge in [-0.3, -0.25) is 10.00 Å². The highest BCUT2D eigenvalue weighted by Crippen LogP contribution is 2.36. The van der Waals surface area contributed by atoms with Crippen LogP contribution in [0, 0.1) is 11.2 Å². The van der Waals surface area contributed by atoms with Crippen molar-refractivity contribution in [3.8, 4) is 11.3 Å². The minimum atomic E-state index is -0.247. The first-order chi connectivity index (χ1) is 14.7. The highest BCUT2D eigenvalue weighted by molar-refractivity contribution is 5.62. The molecule has 158 valence electrons. The molecule has 5 heteroatoms. The molecule has 0 amide bonds. The topological polar surface area (TPSA) is 52.1 Å². The van der Waals surface area contributed by atoms with Crippen molar-refractivity contribution in [2.75, 3.05) is 19.7 Å². The monoisotopic (exact) mass is 407 g/mol. The molecule has 0 aliphatic carbocycles. The van der Waals surface area contributed by atoms with Crippen molar-refractivity contribution in [2.45, 2.75) is 38.6 Å². The lowest BCUT2D eigenvalue weighted by Crippen LogP contribution is -2.45. The Morgan fingerprint density at radius 2 is 2.00 bits per heavy atom. The summed E-state index contributed by atoms with van der Waals surface area (Å²) in [6.45, 7) is 2.86. The van der Waals surface area contributed by atoms with E-state index >= 15 is 0 Å². The molecule has 0 unspecified atom stereocenters. The number of likely N-dealkylation sites (tertiary alicyclic amines) is 1. The van der Waals surface area contributed by atoms with Crippen LogP contribution in [-0.2, 0) is 13.0 Å². The van der Waals surface area contributed by atoms with Gasteiger partial charge >= 0.3 is 0 Å². The van der Waals surface area contributed by atoms with E-state index in [-0.39, 0.29) is 17.8 Å². The molecule has 1 saturated heterocycles. The third-order valence-corrected chi connectivity index (χ3v) is 6.32. The van der Waals surface area contributed by atoms with Crippen LogP contribution in [0.25, 0.3) is 11.3 Å². The van der Waals surface area contributed by atoms with Crippen molar-refractivity contribution in [2.24, 2.45) is 5.41 Å². The van der Waals surface area contributed by atoms with Gasteiger partial charge in [0.2, 0.25) is 0 Å². The van der Waals surface area contributed by atoms with Crippen LogP contribution < -0.4 is 0 Å². The number of aryl methyl sites for hydroxylation is 1. The maximum atomic E-state index is 13.7. The van der Waals surface area contributed by atoms with E-state index in [1.807, 2.05) is 18.3 Å². The number of aliphatic hydroxyl groups is 1. The first kappa shape index (κ1) is 20.8. The van der Waals surface area contributed by atoms with Gasteiger partial charge in [0.25, 0.3) is 0 Å². The fourth-order valence-electron chi connectivity index (χ4n) is 4.74. The molecule has 1 aliphatic rings. The van der Waals surface area contributed by atoms with Crippen LogP contribution in [0.2, 0.25) is 0 Å². The quantitative estimate of drug-likeness (QED) is 0.563. The smallest absolute Gasteiger partial charge is 0.123 e. The van der Waals surface area contributed by atoms with Gasteiger partial charge in [-0.25, -0.2) is 4.39 Å². The molecule has 1 aromatic heterocycles. The zero-order chi connectivity index (χ0) is 20.8. The van der Waals surface area contributed by atoms with E-state index in [0.29, 0.717) is 0 Å². The van der Waals surface area contributed by atoms with Crippen molar-refractivity contribution in [3.05, 3.63) is 77.7 Å². The van der Waals surface area contributed by atoms with Crippen molar-refractivity contribution in [1.82, 2.24) is 15.1 Å². The van der Waals surface area contributed by atoms with Crippen LogP contribution in [0.1, 0.15) is 36.8 Å². The number of aromatic amines is 1. The van der Waals surface area contributed by atoms with Crippen molar-refractivity contribution in [3.63, 3.8) is 0 Å². The largest absolute Gasteiger partial charge is 0.396 e. The molecule has 2 heterocycles. The molecule has 30 heavy (non-hydrogen) atoms. The number of aromatic nitrogens is 2. The molecule has 4 nitrogen and oxygen atoms in total. The second kappa shape index (κ2) is 9.54. The summed E-state index contributed by atoms with van der Waals surface area (Å²) in [5, 5.41) is 17.5. The Kier molecular flexibility index (Phi) is 6.60. The number of aliphatic hydroxyl groups excluding tert-OH is 1. The predicted octanol–water partition coefficient (Wildman–Crippen LogP) is 4.81. The normalized spacial score (nSPS) is 19.8. The summed E-state index contributed by atoms with van der Waals surface area (Å²) in [6.07, 6.45) is 7.14. The van der Waals surface area contributed by atoms with E-state index in [1.54, 1.807) is 6.07 Å². The van der Waals surface area contributed by atoms with Crippen molar-refractivity contribution < 1.29 is 9.50 Å². The van der Waals surface area contributed by atoms with Gasteiger partial charge in [0.15, 0.2) is 0 Å². The van der Waals surface area contributed by atoms with E-state index in [9.17, 15) is 9.50 Å². The first-order valence-electron chi connectivity index (χ1n) is 10.8. The number of piperidine rings is 1. The molecular formula is C25H30FN3O. The van der Waals surface area contributed by atoms with Gasteiger partial charge in [-0.1, -0.05) is 42.5 Å². The van der Waals surface area contributed by atoms with Crippen LogP contribution in [0.3, 0.4) is 0 Å². The van der Waals surface area contributed by atoms with Gasteiger partial charge in [0, 0.05) is 36.2 Å².